The highest BCUT2D eigenvalue weighted by Gasteiger charge is 2.39. The summed E-state index contributed by atoms with van der Waals surface area (Å²) in [6.45, 7) is 3.35. The van der Waals surface area contributed by atoms with E-state index in [1.807, 2.05) is 6.07 Å². The third-order valence-corrected chi connectivity index (χ3v) is 7.18. The molecule has 0 spiro atoms. The zero-order chi connectivity index (χ0) is 25.6. The Morgan fingerprint density at radius 3 is 2.56 bits per heavy atom. The number of hydrogen-bond donors (Lipinski definition) is 2. The van der Waals surface area contributed by atoms with Crippen LogP contribution in [0, 0.1) is 0 Å². The van der Waals surface area contributed by atoms with Gasteiger partial charge in [-0.25, -0.2) is 14.6 Å². The Morgan fingerprint density at radius 1 is 1.17 bits per heavy atom. The molecular weight excluding hydrogens is 477 g/mol. The highest BCUT2D eigenvalue weighted by atomic mass is 19.4. The van der Waals surface area contributed by atoms with Gasteiger partial charge in [0, 0.05) is 52.2 Å². The molecule has 3 aromatic heterocycles. The Labute approximate surface area is 204 Å². The van der Waals surface area contributed by atoms with Gasteiger partial charge in [-0.1, -0.05) is 0 Å². The molecule has 1 amide bonds. The second-order valence-corrected chi connectivity index (χ2v) is 9.29. The van der Waals surface area contributed by atoms with E-state index in [4.69, 9.17) is 0 Å². The van der Waals surface area contributed by atoms with E-state index < -0.39 is 22.8 Å². The molecule has 2 atom stereocenters. The van der Waals surface area contributed by atoms with Crippen LogP contribution in [0.2, 0.25) is 0 Å². The van der Waals surface area contributed by atoms with Gasteiger partial charge in [-0.15, -0.1) is 0 Å². The molecule has 2 aliphatic rings. The first-order valence-corrected chi connectivity index (χ1v) is 11.9. The van der Waals surface area contributed by atoms with Crippen LogP contribution in [0.4, 0.5) is 18.9 Å². The third-order valence-electron chi connectivity index (χ3n) is 7.18. The number of fused-ring (bicyclic) bond motifs is 1. The molecule has 36 heavy (non-hydrogen) atoms. The van der Waals surface area contributed by atoms with Gasteiger partial charge in [0.05, 0.1) is 11.9 Å². The number of carbonyl (C=O) groups excluding carboxylic acids is 1. The molecule has 1 aliphatic carbocycles. The van der Waals surface area contributed by atoms with Crippen LogP contribution >= 0.6 is 0 Å². The first kappa shape index (κ1) is 24.2. The minimum absolute atomic E-state index is 0.0316. The summed E-state index contributed by atoms with van der Waals surface area (Å²) >= 11 is 0. The number of anilines is 1. The van der Waals surface area contributed by atoms with Crippen molar-refractivity contribution in [2.45, 2.75) is 37.4 Å². The molecule has 0 aromatic carbocycles. The monoisotopic (exact) mass is 504 g/mol. The van der Waals surface area contributed by atoms with E-state index in [9.17, 15) is 22.8 Å². The van der Waals surface area contributed by atoms with E-state index in [1.165, 1.54) is 7.05 Å². The number of alkyl halides is 3. The van der Waals surface area contributed by atoms with Gasteiger partial charge in [0.25, 0.3) is 11.5 Å². The van der Waals surface area contributed by atoms with Crippen molar-refractivity contribution in [3.05, 3.63) is 45.9 Å². The smallest absolute Gasteiger partial charge is 0.368 e. The molecule has 10 nitrogen and oxygen atoms in total. The average molecular weight is 505 g/mol. The van der Waals surface area contributed by atoms with Crippen LogP contribution in [-0.2, 0) is 13.2 Å². The second-order valence-electron chi connectivity index (χ2n) is 9.29. The van der Waals surface area contributed by atoms with Gasteiger partial charge < -0.3 is 15.2 Å². The molecule has 2 fully saturated rings. The number of rotatable bonds is 4. The summed E-state index contributed by atoms with van der Waals surface area (Å²) in [6.07, 6.45) is -0.506. The number of piperazine rings is 1. The largest absolute Gasteiger partial charge is 0.436 e. The number of halogens is 3. The highest BCUT2D eigenvalue weighted by Crippen LogP contribution is 2.37. The number of H-pyrrole nitrogens is 1. The number of aryl methyl sites for hydroxylation is 1. The van der Waals surface area contributed by atoms with Gasteiger partial charge >= 0.3 is 6.18 Å². The lowest BCUT2D eigenvalue weighted by Crippen LogP contribution is -2.49. The van der Waals surface area contributed by atoms with E-state index in [0.29, 0.717) is 17.6 Å². The molecule has 5 rings (SSSR count). The average Bonchev–Trinajstić information content (AvgIpc) is 3.49. The van der Waals surface area contributed by atoms with Crippen molar-refractivity contribution in [2.75, 3.05) is 38.1 Å². The topological polar surface area (TPSA) is 112 Å². The number of aromatic nitrogens is 5. The summed E-state index contributed by atoms with van der Waals surface area (Å²) in [7, 11) is 2.94. The fourth-order valence-corrected chi connectivity index (χ4v) is 5.28. The van der Waals surface area contributed by atoms with Crippen molar-refractivity contribution in [3.8, 4) is 0 Å². The zero-order valence-electron chi connectivity index (χ0n) is 20.0. The Kier molecular flexibility index (Phi) is 6.18. The molecule has 1 saturated heterocycles. The van der Waals surface area contributed by atoms with E-state index in [0.717, 1.165) is 55.8 Å². The Balaban J connectivity index is 1.24. The summed E-state index contributed by atoms with van der Waals surface area (Å²) in [5.41, 5.74) is -0.711. The van der Waals surface area contributed by atoms with Crippen LogP contribution in [-0.4, -0.2) is 74.8 Å². The number of nitrogens with one attached hydrogen (secondary N) is 2. The molecule has 0 radical (unpaired) electrons. The maximum Gasteiger partial charge on any atom is 0.436 e. The predicted molar refractivity (Wildman–Crippen MR) is 126 cm³/mol. The molecule has 4 heterocycles. The minimum Gasteiger partial charge on any atom is -0.368 e. The molecular formula is C23H27F3N8O2. The van der Waals surface area contributed by atoms with Gasteiger partial charge in [0.2, 0.25) is 0 Å². The van der Waals surface area contributed by atoms with E-state index >= 15 is 0 Å². The standard InChI is InChI=1S/C23H27F3N8O2/c1-27-21(35)16-6-5-15(12-28-16)34-9-7-33(8-10-34)14-4-3-13(11-14)19-29-20-17(22(36)30-19)18(23(24,25)26)31-32(20)2/h5-6,12-14H,3-4,7-11H2,1-2H3,(H,27,35)(H,29,30,36). The molecule has 192 valence electrons. The Hall–Kier alpha value is -3.48. The first-order valence-electron chi connectivity index (χ1n) is 11.9. The van der Waals surface area contributed by atoms with Crippen LogP contribution in [0.5, 0.6) is 0 Å². The number of amides is 1. The molecule has 2 unspecified atom stereocenters. The van der Waals surface area contributed by atoms with Crippen molar-refractivity contribution < 1.29 is 18.0 Å². The number of nitrogens with zero attached hydrogens (tertiary/aromatic N) is 6. The van der Waals surface area contributed by atoms with E-state index in [-0.39, 0.29) is 17.5 Å². The van der Waals surface area contributed by atoms with Crippen molar-refractivity contribution in [1.29, 1.82) is 0 Å². The van der Waals surface area contributed by atoms with E-state index in [1.54, 1.807) is 19.3 Å². The molecule has 3 aromatic rings. The highest BCUT2D eigenvalue weighted by molar-refractivity contribution is 5.92. The molecule has 1 aliphatic heterocycles. The molecule has 1 saturated carbocycles. The van der Waals surface area contributed by atoms with Crippen LogP contribution < -0.4 is 15.8 Å². The third kappa shape index (κ3) is 4.43. The Morgan fingerprint density at radius 2 is 1.92 bits per heavy atom. The molecule has 2 N–H and O–H groups in total. The SMILES string of the molecule is CNC(=O)c1ccc(N2CCN(C3CCC(c4nc5c(c(C(F)(F)F)nn5C)c(=O)[nH]4)C3)CC2)cn1. The maximum absolute atomic E-state index is 13.3. The zero-order valence-corrected chi connectivity index (χ0v) is 20.0. The van der Waals surface area contributed by atoms with Gasteiger partial charge in [0.15, 0.2) is 11.3 Å². The summed E-state index contributed by atoms with van der Waals surface area (Å²) in [6, 6.07) is 3.93. The lowest BCUT2D eigenvalue weighted by Gasteiger charge is -2.39. The lowest BCUT2D eigenvalue weighted by molar-refractivity contribution is -0.140. The molecule has 13 heteroatoms. The second kappa shape index (κ2) is 9.19. The predicted octanol–water partition coefficient (Wildman–Crippen LogP) is 1.89. The summed E-state index contributed by atoms with van der Waals surface area (Å²) in [4.78, 5) is 40.2. The van der Waals surface area contributed by atoms with Gasteiger partial charge in [0.1, 0.15) is 16.9 Å². The fraction of sp³-hybridized carbons (Fsp3) is 0.522. The number of aromatic amines is 1. The molecule has 0 bridgehead atoms. The van der Waals surface area contributed by atoms with Crippen LogP contribution in [0.3, 0.4) is 0 Å². The van der Waals surface area contributed by atoms with Gasteiger partial charge in [-0.2, -0.15) is 18.3 Å². The van der Waals surface area contributed by atoms with Crippen LogP contribution in [0.25, 0.3) is 11.0 Å². The number of pyridine rings is 1. The summed E-state index contributed by atoms with van der Waals surface area (Å²) < 4.78 is 40.9. The van der Waals surface area contributed by atoms with Crippen molar-refractivity contribution >= 4 is 22.6 Å². The maximum atomic E-state index is 13.3. The van der Waals surface area contributed by atoms with Crippen LogP contribution in [0.1, 0.15) is 47.2 Å². The van der Waals surface area contributed by atoms with E-state index in [2.05, 4.69) is 35.2 Å². The summed E-state index contributed by atoms with van der Waals surface area (Å²) in [5, 5.41) is 5.54. The van der Waals surface area contributed by atoms with Gasteiger partial charge in [-0.05, 0) is 31.4 Å². The number of carbonyl (C=O) groups is 1. The van der Waals surface area contributed by atoms with Gasteiger partial charge in [-0.3, -0.25) is 14.5 Å². The fourth-order valence-electron chi connectivity index (χ4n) is 5.28. The first-order chi connectivity index (χ1) is 17.2. The van der Waals surface area contributed by atoms with Crippen molar-refractivity contribution in [3.63, 3.8) is 0 Å². The van der Waals surface area contributed by atoms with Crippen molar-refractivity contribution in [1.82, 2.24) is 34.9 Å². The Bertz CT molecular complexity index is 1330. The number of hydrogen-bond acceptors (Lipinski definition) is 7. The lowest BCUT2D eigenvalue weighted by atomic mass is 10.1. The minimum atomic E-state index is -4.72. The quantitative estimate of drug-likeness (QED) is 0.558. The summed E-state index contributed by atoms with van der Waals surface area (Å²) in [5.74, 6) is 0.171. The normalized spacial score (nSPS) is 21.3. The van der Waals surface area contributed by atoms with Crippen LogP contribution in [0.15, 0.2) is 23.1 Å². The van der Waals surface area contributed by atoms with Crippen molar-refractivity contribution in [2.24, 2.45) is 7.05 Å².